The highest BCUT2D eigenvalue weighted by atomic mass is 19.1. The number of hydrogen-bond acceptors (Lipinski definition) is 5. The van der Waals surface area contributed by atoms with Gasteiger partial charge < -0.3 is 15.2 Å². The van der Waals surface area contributed by atoms with E-state index in [4.69, 9.17) is 20.7 Å². The fraction of sp³-hybridized carbons (Fsp3) is 0.500. The summed E-state index contributed by atoms with van der Waals surface area (Å²) in [6.07, 6.45) is 4.78. The lowest BCUT2D eigenvalue weighted by Crippen LogP contribution is -2.48. The minimum absolute atomic E-state index is 0.0435. The van der Waals surface area contributed by atoms with Gasteiger partial charge >= 0.3 is 0 Å². The van der Waals surface area contributed by atoms with E-state index in [9.17, 15) is 4.39 Å². The van der Waals surface area contributed by atoms with Crippen LogP contribution in [0.25, 0.3) is 11.1 Å². The van der Waals surface area contributed by atoms with E-state index < -0.39 is 29.9 Å². The standard InChI is InChI=1S/C24H28FN3O2/c1-3-29-21-6-8-23(11-15(21)2)12-17-5-4-16(18-13-27-9-7-20(18)25)10-19(17)24(23)14-30-22(26)28-24/h4-5,7,9-10,13,15,21H,3,6,8,11-12,14H2,1-2H3,(H2,26,28)/t15-,21-,23-,24-/m0/s1/i3D2,14D2. The summed E-state index contributed by atoms with van der Waals surface area (Å²) in [7, 11) is 0. The van der Waals surface area contributed by atoms with Crippen molar-refractivity contribution in [1.29, 1.82) is 0 Å². The summed E-state index contributed by atoms with van der Waals surface area (Å²) in [5.41, 5.74) is 6.41. The number of nitrogens with zero attached hydrogens (tertiary/aromatic N) is 2. The molecule has 0 bridgehead atoms. The van der Waals surface area contributed by atoms with Crippen LogP contribution in [0.15, 0.2) is 41.7 Å². The number of ether oxygens (including phenoxy) is 2. The molecule has 158 valence electrons. The molecular weight excluding hydrogens is 381 g/mol. The second-order valence-electron chi connectivity index (χ2n) is 8.63. The fourth-order valence-corrected chi connectivity index (χ4v) is 5.65. The predicted octanol–water partition coefficient (Wildman–Crippen LogP) is 4.20. The van der Waals surface area contributed by atoms with Gasteiger partial charge in [0.05, 0.1) is 11.6 Å². The zero-order valence-electron chi connectivity index (χ0n) is 21.1. The van der Waals surface area contributed by atoms with Crippen LogP contribution in [0.3, 0.4) is 0 Å². The molecule has 2 aliphatic carbocycles. The summed E-state index contributed by atoms with van der Waals surface area (Å²) in [5.74, 6) is -0.455. The molecule has 1 saturated carbocycles. The summed E-state index contributed by atoms with van der Waals surface area (Å²) in [6.45, 7) is -0.565. The van der Waals surface area contributed by atoms with E-state index in [0.717, 1.165) is 5.56 Å². The molecule has 1 aromatic carbocycles. The number of hydrogen-bond donors (Lipinski definition) is 1. The molecule has 1 fully saturated rings. The Morgan fingerprint density at radius 2 is 2.30 bits per heavy atom. The van der Waals surface area contributed by atoms with E-state index in [0.29, 0.717) is 42.4 Å². The normalized spacial score (nSPS) is 36.4. The molecule has 5 nitrogen and oxygen atoms in total. The first-order valence-electron chi connectivity index (χ1n) is 12.3. The summed E-state index contributed by atoms with van der Waals surface area (Å²) in [6, 6.07) is 6.62. The van der Waals surface area contributed by atoms with Gasteiger partial charge in [-0.2, -0.15) is 0 Å². The molecule has 1 aliphatic heterocycles. The third kappa shape index (κ3) is 2.77. The molecule has 2 aromatic rings. The van der Waals surface area contributed by atoms with Crippen molar-refractivity contribution in [2.75, 3.05) is 13.1 Å². The average Bonchev–Trinajstić information content (AvgIpc) is 3.14. The van der Waals surface area contributed by atoms with Gasteiger partial charge in [-0.15, -0.1) is 0 Å². The Morgan fingerprint density at radius 1 is 1.43 bits per heavy atom. The van der Waals surface area contributed by atoms with Crippen molar-refractivity contribution >= 4 is 6.02 Å². The predicted molar refractivity (Wildman–Crippen MR) is 113 cm³/mol. The maximum Gasteiger partial charge on any atom is 0.283 e. The number of benzene rings is 1. The number of aromatic nitrogens is 1. The third-order valence-corrected chi connectivity index (χ3v) is 6.98. The first kappa shape index (κ1) is 15.3. The zero-order valence-corrected chi connectivity index (χ0v) is 17.1. The van der Waals surface area contributed by atoms with Crippen LogP contribution in [-0.2, 0) is 21.4 Å². The van der Waals surface area contributed by atoms with Crippen molar-refractivity contribution in [2.24, 2.45) is 22.1 Å². The van der Waals surface area contributed by atoms with E-state index in [2.05, 4.69) is 9.98 Å². The minimum Gasteiger partial charge on any atom is -0.462 e. The molecule has 0 saturated heterocycles. The number of pyridine rings is 1. The van der Waals surface area contributed by atoms with E-state index in [1.807, 2.05) is 19.1 Å². The molecule has 5 rings (SSSR count). The average molecular weight is 414 g/mol. The molecule has 3 aliphatic rings. The number of fused-ring (bicyclic) bond motifs is 3. The van der Waals surface area contributed by atoms with Gasteiger partial charge in [0, 0.05) is 29.9 Å². The highest BCUT2D eigenvalue weighted by molar-refractivity contribution is 5.76. The lowest BCUT2D eigenvalue weighted by atomic mass is 9.59. The minimum atomic E-state index is -2.21. The molecule has 1 aromatic heterocycles. The number of aliphatic imine (C=N–C) groups is 1. The molecule has 2 spiro atoms. The smallest absolute Gasteiger partial charge is 0.283 e. The van der Waals surface area contributed by atoms with Crippen LogP contribution in [0.4, 0.5) is 4.39 Å². The Kier molecular flexibility index (Phi) is 3.61. The Morgan fingerprint density at radius 3 is 3.00 bits per heavy atom. The monoisotopic (exact) mass is 413 g/mol. The van der Waals surface area contributed by atoms with Crippen molar-refractivity contribution in [3.8, 4) is 11.1 Å². The number of rotatable bonds is 3. The lowest BCUT2D eigenvalue weighted by molar-refractivity contribution is -0.0588. The van der Waals surface area contributed by atoms with Gasteiger partial charge in [-0.05, 0) is 67.3 Å². The van der Waals surface area contributed by atoms with Gasteiger partial charge in [0.25, 0.3) is 6.02 Å². The van der Waals surface area contributed by atoms with Gasteiger partial charge in [-0.1, -0.05) is 19.1 Å². The van der Waals surface area contributed by atoms with Crippen molar-refractivity contribution in [1.82, 2.24) is 4.98 Å². The van der Waals surface area contributed by atoms with Gasteiger partial charge in [0.15, 0.2) is 0 Å². The first-order valence-corrected chi connectivity index (χ1v) is 10.3. The topological polar surface area (TPSA) is 69.7 Å². The lowest BCUT2D eigenvalue weighted by Gasteiger charge is -2.48. The van der Waals surface area contributed by atoms with Crippen molar-refractivity contribution in [3.63, 3.8) is 0 Å². The van der Waals surface area contributed by atoms with Crippen LogP contribution in [0, 0.1) is 17.2 Å². The molecule has 0 radical (unpaired) electrons. The Bertz CT molecular complexity index is 1170. The largest absolute Gasteiger partial charge is 0.462 e. The molecule has 30 heavy (non-hydrogen) atoms. The Hall–Kier alpha value is -2.47. The van der Waals surface area contributed by atoms with E-state index in [1.54, 1.807) is 6.07 Å². The maximum absolute atomic E-state index is 14.6. The van der Waals surface area contributed by atoms with Gasteiger partial charge in [-0.25, -0.2) is 9.38 Å². The summed E-state index contributed by atoms with van der Waals surface area (Å²) < 4.78 is 59.2. The summed E-state index contributed by atoms with van der Waals surface area (Å²) in [5, 5.41) is 0. The van der Waals surface area contributed by atoms with Gasteiger partial charge in [-0.3, -0.25) is 4.98 Å². The zero-order chi connectivity index (χ0) is 24.5. The summed E-state index contributed by atoms with van der Waals surface area (Å²) in [4.78, 5) is 8.70. The molecule has 6 heteroatoms. The second-order valence-corrected chi connectivity index (χ2v) is 8.63. The fourth-order valence-electron chi connectivity index (χ4n) is 5.65. The maximum atomic E-state index is 14.6. The van der Waals surface area contributed by atoms with Crippen LogP contribution in [0.2, 0.25) is 0 Å². The van der Waals surface area contributed by atoms with Crippen LogP contribution in [0.1, 0.15) is 49.7 Å². The molecular formula is C24H28FN3O2. The van der Waals surface area contributed by atoms with E-state index >= 15 is 0 Å². The van der Waals surface area contributed by atoms with Crippen molar-refractivity contribution in [2.45, 2.75) is 51.2 Å². The van der Waals surface area contributed by atoms with Crippen LogP contribution in [0.5, 0.6) is 0 Å². The number of nitrogens with two attached hydrogens (primary N) is 1. The van der Waals surface area contributed by atoms with E-state index in [-0.39, 0.29) is 18.0 Å². The third-order valence-electron chi connectivity index (χ3n) is 6.98. The van der Waals surface area contributed by atoms with Crippen LogP contribution < -0.4 is 5.73 Å². The first-order chi connectivity index (χ1) is 15.9. The molecule has 0 amide bonds. The van der Waals surface area contributed by atoms with Crippen molar-refractivity contribution in [3.05, 3.63) is 53.6 Å². The van der Waals surface area contributed by atoms with Crippen molar-refractivity contribution < 1.29 is 19.3 Å². The Balaban J connectivity index is 1.63. The Labute approximate surface area is 182 Å². The number of amidine groups is 1. The van der Waals surface area contributed by atoms with Crippen LogP contribution >= 0.6 is 0 Å². The molecule has 2 heterocycles. The second kappa shape index (κ2) is 7.05. The number of halogens is 1. The van der Waals surface area contributed by atoms with E-state index in [1.165, 1.54) is 25.4 Å². The summed E-state index contributed by atoms with van der Waals surface area (Å²) >= 11 is 0. The molecule has 0 unspecified atom stereocenters. The van der Waals surface area contributed by atoms with Crippen LogP contribution in [-0.4, -0.2) is 30.2 Å². The van der Waals surface area contributed by atoms with Gasteiger partial charge in [0.1, 0.15) is 17.9 Å². The molecule has 4 atom stereocenters. The SMILES string of the molecule is [2H]C([2H])(C)O[C@H]1CC[C@@]2(Cc3ccc(-c4cnccc4F)cc3[C@]23N=C(N)OC3([2H])[2H])C[C@@H]1C. The molecule has 2 N–H and O–H groups in total. The van der Waals surface area contributed by atoms with Gasteiger partial charge in [0.2, 0.25) is 0 Å². The highest BCUT2D eigenvalue weighted by Crippen LogP contribution is 2.62. The quantitative estimate of drug-likeness (QED) is 0.819. The highest BCUT2D eigenvalue weighted by Gasteiger charge is 2.62.